The van der Waals surface area contributed by atoms with Crippen molar-refractivity contribution in [2.24, 2.45) is 0 Å². The molecule has 0 aliphatic heterocycles. The summed E-state index contributed by atoms with van der Waals surface area (Å²) in [7, 11) is 0. The second-order valence-corrected chi connectivity index (χ2v) is 8.41. The van der Waals surface area contributed by atoms with Crippen molar-refractivity contribution >= 4 is 30.4 Å². The van der Waals surface area contributed by atoms with E-state index in [9.17, 15) is 9.59 Å². The molecule has 0 heterocycles. The molecule has 1 amide bonds. The van der Waals surface area contributed by atoms with Gasteiger partial charge in [-0.25, -0.2) is 4.79 Å². The third kappa shape index (κ3) is 9.36. The Bertz CT molecular complexity index is 1110. The van der Waals surface area contributed by atoms with Crippen molar-refractivity contribution in [2.45, 2.75) is 25.6 Å². The highest BCUT2D eigenvalue weighted by molar-refractivity contribution is 7.81. The van der Waals surface area contributed by atoms with Crippen LogP contribution in [0.3, 0.4) is 0 Å². The van der Waals surface area contributed by atoms with Gasteiger partial charge in [0.05, 0.1) is 19.0 Å². The van der Waals surface area contributed by atoms with E-state index >= 15 is 0 Å². The van der Waals surface area contributed by atoms with Crippen LogP contribution in [0.15, 0.2) is 78.9 Å². The predicted octanol–water partition coefficient (Wildman–Crippen LogP) is 4.97. The van der Waals surface area contributed by atoms with Crippen LogP contribution in [0.1, 0.15) is 23.7 Å². The SMILES string of the molecule is Cc1ccc(NC(=O)O[C@H](c2ccc(OCCO)cc2)[C@@H](CCOC(=O)CS)Oc2ccccc2)cc1. The number of esters is 1. The summed E-state index contributed by atoms with van der Waals surface area (Å²) in [6, 6.07) is 23.4. The van der Waals surface area contributed by atoms with Gasteiger partial charge in [0.25, 0.3) is 0 Å². The van der Waals surface area contributed by atoms with Gasteiger partial charge in [0, 0.05) is 12.1 Å². The lowest BCUT2D eigenvalue weighted by atomic mass is 10.0. The van der Waals surface area contributed by atoms with Crippen LogP contribution >= 0.6 is 12.6 Å². The van der Waals surface area contributed by atoms with Crippen LogP contribution < -0.4 is 14.8 Å². The van der Waals surface area contributed by atoms with E-state index in [-0.39, 0.29) is 32.0 Å². The molecule has 0 saturated carbocycles. The molecule has 0 aliphatic rings. The van der Waals surface area contributed by atoms with Crippen molar-refractivity contribution in [2.75, 3.05) is 30.9 Å². The van der Waals surface area contributed by atoms with Crippen LogP contribution in [0, 0.1) is 6.92 Å². The molecule has 9 heteroatoms. The third-order valence-corrected chi connectivity index (χ3v) is 5.52. The molecule has 8 nitrogen and oxygen atoms in total. The van der Waals surface area contributed by atoms with Crippen LogP contribution in [0.25, 0.3) is 0 Å². The smallest absolute Gasteiger partial charge is 0.412 e. The predicted molar refractivity (Wildman–Crippen MR) is 143 cm³/mol. The minimum absolute atomic E-state index is 0.0433. The van der Waals surface area contributed by atoms with Gasteiger partial charge in [0.1, 0.15) is 24.2 Å². The molecule has 0 radical (unpaired) electrons. The van der Waals surface area contributed by atoms with Gasteiger partial charge in [-0.3, -0.25) is 10.1 Å². The van der Waals surface area contributed by atoms with E-state index in [1.54, 1.807) is 48.5 Å². The zero-order valence-electron chi connectivity index (χ0n) is 20.5. The molecule has 3 aromatic rings. The largest absolute Gasteiger partial charge is 0.491 e. The van der Waals surface area contributed by atoms with Crippen molar-refractivity contribution < 1.29 is 33.6 Å². The van der Waals surface area contributed by atoms with E-state index in [1.165, 1.54) is 0 Å². The van der Waals surface area contributed by atoms with Gasteiger partial charge < -0.3 is 24.1 Å². The highest BCUT2D eigenvalue weighted by Crippen LogP contribution is 2.30. The molecule has 3 rings (SSSR count). The monoisotopic (exact) mass is 525 g/mol. The Labute approximate surface area is 221 Å². The minimum atomic E-state index is -0.854. The molecule has 0 bridgehead atoms. The summed E-state index contributed by atoms with van der Waals surface area (Å²) in [6.07, 6.45) is -1.96. The highest BCUT2D eigenvalue weighted by atomic mass is 32.1. The summed E-state index contributed by atoms with van der Waals surface area (Å²) < 4.78 is 22.8. The molecule has 0 unspecified atom stereocenters. The number of aliphatic hydroxyl groups is 1. The first-order valence-corrected chi connectivity index (χ1v) is 12.5. The summed E-state index contributed by atoms with van der Waals surface area (Å²) in [5.41, 5.74) is 2.30. The molecular weight excluding hydrogens is 494 g/mol. The van der Waals surface area contributed by atoms with Crippen LogP contribution in [0.4, 0.5) is 10.5 Å². The molecule has 0 aliphatic carbocycles. The quantitative estimate of drug-likeness (QED) is 0.214. The number of nitrogens with one attached hydrogen (secondary N) is 1. The average molecular weight is 526 g/mol. The van der Waals surface area contributed by atoms with Crippen LogP contribution in [-0.2, 0) is 14.3 Å². The van der Waals surface area contributed by atoms with Crippen LogP contribution in [0.5, 0.6) is 11.5 Å². The Morgan fingerprint density at radius 1 is 0.919 bits per heavy atom. The lowest BCUT2D eigenvalue weighted by Gasteiger charge is -2.28. The molecule has 3 aromatic carbocycles. The number of ether oxygens (including phenoxy) is 4. The Balaban J connectivity index is 1.86. The maximum absolute atomic E-state index is 12.9. The van der Waals surface area contributed by atoms with Gasteiger partial charge in [-0.15, -0.1) is 0 Å². The van der Waals surface area contributed by atoms with Gasteiger partial charge in [0.2, 0.25) is 0 Å². The summed E-state index contributed by atoms with van der Waals surface area (Å²) in [5, 5.41) is 11.8. The van der Waals surface area contributed by atoms with Crippen molar-refractivity contribution in [3.05, 3.63) is 90.0 Å². The number of carbonyl (C=O) groups is 2. The summed E-state index contributed by atoms with van der Waals surface area (Å²) in [5.74, 6) is 0.632. The molecule has 0 aromatic heterocycles. The van der Waals surface area contributed by atoms with Crippen molar-refractivity contribution in [3.8, 4) is 11.5 Å². The summed E-state index contributed by atoms with van der Waals surface area (Å²) >= 11 is 3.94. The first kappa shape index (κ1) is 27.9. The van der Waals surface area contributed by atoms with E-state index in [1.807, 2.05) is 37.3 Å². The molecule has 0 spiro atoms. The lowest BCUT2D eigenvalue weighted by molar-refractivity contribution is -0.141. The molecule has 2 N–H and O–H groups in total. The average Bonchev–Trinajstić information content (AvgIpc) is 2.92. The summed E-state index contributed by atoms with van der Waals surface area (Å²) in [4.78, 5) is 24.6. The van der Waals surface area contributed by atoms with Crippen molar-refractivity contribution in [1.82, 2.24) is 0 Å². The lowest BCUT2D eigenvalue weighted by Crippen LogP contribution is -2.32. The number of rotatable bonds is 13. The normalized spacial score (nSPS) is 12.2. The first-order valence-electron chi connectivity index (χ1n) is 11.8. The molecule has 2 atom stereocenters. The number of hydrogen-bond donors (Lipinski definition) is 3. The number of benzene rings is 3. The fraction of sp³-hybridized carbons (Fsp3) is 0.286. The van der Waals surface area contributed by atoms with Gasteiger partial charge in [-0.1, -0.05) is 48.0 Å². The Morgan fingerprint density at radius 2 is 1.62 bits per heavy atom. The van der Waals surface area contributed by atoms with E-state index < -0.39 is 24.3 Å². The number of anilines is 1. The minimum Gasteiger partial charge on any atom is -0.491 e. The van der Waals surface area contributed by atoms with E-state index in [2.05, 4.69) is 17.9 Å². The summed E-state index contributed by atoms with van der Waals surface area (Å²) in [6.45, 7) is 2.06. The number of para-hydroxylation sites is 1. The standard InChI is InChI=1S/C28H31NO7S/c1-20-7-11-22(12-8-20)29-28(32)36-27(21-9-13-23(14-10-21)33-18-16-30)25(15-17-34-26(31)19-37)35-24-5-3-2-4-6-24/h2-14,25,27,30,37H,15-19H2,1H3,(H,29,32)/t25-,27-/m1/s1. The van der Waals surface area contributed by atoms with Crippen LogP contribution in [-0.4, -0.2) is 48.8 Å². The zero-order valence-corrected chi connectivity index (χ0v) is 21.4. The van der Waals surface area contributed by atoms with E-state index in [4.69, 9.17) is 24.1 Å². The molecule has 0 saturated heterocycles. The third-order valence-electron chi connectivity index (χ3n) is 5.26. The Hall–Kier alpha value is -3.69. The second kappa shape index (κ2) is 14.8. The second-order valence-electron chi connectivity index (χ2n) is 8.09. The molecule has 37 heavy (non-hydrogen) atoms. The van der Waals surface area contributed by atoms with Gasteiger partial charge in [0.15, 0.2) is 6.10 Å². The van der Waals surface area contributed by atoms with Gasteiger partial charge in [-0.05, 0) is 48.9 Å². The number of aliphatic hydroxyl groups excluding tert-OH is 1. The maximum Gasteiger partial charge on any atom is 0.412 e. The number of thiol groups is 1. The highest BCUT2D eigenvalue weighted by Gasteiger charge is 2.30. The Morgan fingerprint density at radius 3 is 2.27 bits per heavy atom. The maximum atomic E-state index is 12.9. The van der Waals surface area contributed by atoms with E-state index in [0.29, 0.717) is 22.7 Å². The van der Waals surface area contributed by atoms with Gasteiger partial charge in [-0.2, -0.15) is 12.6 Å². The number of aryl methyl sites for hydroxylation is 1. The topological polar surface area (TPSA) is 103 Å². The van der Waals surface area contributed by atoms with Gasteiger partial charge >= 0.3 is 12.1 Å². The van der Waals surface area contributed by atoms with Crippen molar-refractivity contribution in [3.63, 3.8) is 0 Å². The van der Waals surface area contributed by atoms with E-state index in [0.717, 1.165) is 5.56 Å². The number of carbonyl (C=O) groups excluding carboxylic acids is 2. The van der Waals surface area contributed by atoms with Crippen LogP contribution in [0.2, 0.25) is 0 Å². The number of amides is 1. The Kier molecular flexibility index (Phi) is 11.1. The molecule has 196 valence electrons. The van der Waals surface area contributed by atoms with Crippen molar-refractivity contribution in [1.29, 1.82) is 0 Å². The zero-order chi connectivity index (χ0) is 26.5. The fourth-order valence-electron chi connectivity index (χ4n) is 3.46. The molecular formula is C28H31NO7S. The molecule has 0 fully saturated rings. The number of hydrogen-bond acceptors (Lipinski definition) is 8. The fourth-order valence-corrected chi connectivity index (χ4v) is 3.55. The first-order chi connectivity index (χ1) is 18.0.